The van der Waals surface area contributed by atoms with Crippen molar-refractivity contribution in [2.75, 3.05) is 6.61 Å². The smallest absolute Gasteiger partial charge is 0.302 e. The molecule has 0 saturated carbocycles. The number of benzene rings is 2. The molecular formula is C16H14Cl2O3. The minimum Gasteiger partial charge on any atom is -0.462 e. The predicted molar refractivity (Wildman–Crippen MR) is 82.5 cm³/mol. The van der Waals surface area contributed by atoms with Crippen molar-refractivity contribution in [3.05, 3.63) is 69.7 Å². The number of carbonyl (C=O) groups is 1. The van der Waals surface area contributed by atoms with Crippen LogP contribution in [-0.4, -0.2) is 17.7 Å². The monoisotopic (exact) mass is 324 g/mol. The van der Waals surface area contributed by atoms with Crippen LogP contribution < -0.4 is 0 Å². The van der Waals surface area contributed by atoms with Crippen molar-refractivity contribution in [2.24, 2.45) is 0 Å². The molecule has 0 fully saturated rings. The molecule has 2 aromatic carbocycles. The molecule has 0 heterocycles. The molecule has 2 aromatic rings. The van der Waals surface area contributed by atoms with Crippen LogP contribution in [0.3, 0.4) is 0 Å². The highest BCUT2D eigenvalue weighted by atomic mass is 35.5. The Balaban J connectivity index is 2.44. The third-order valence-electron chi connectivity index (χ3n) is 3.13. The highest BCUT2D eigenvalue weighted by molar-refractivity contribution is 6.30. The van der Waals surface area contributed by atoms with Crippen molar-refractivity contribution in [1.82, 2.24) is 0 Å². The maximum Gasteiger partial charge on any atom is 0.302 e. The second-order valence-electron chi connectivity index (χ2n) is 4.65. The van der Waals surface area contributed by atoms with E-state index in [9.17, 15) is 9.90 Å². The fourth-order valence-electron chi connectivity index (χ4n) is 1.99. The Labute approximate surface area is 133 Å². The van der Waals surface area contributed by atoms with E-state index in [1.54, 1.807) is 48.5 Å². The van der Waals surface area contributed by atoms with Crippen molar-refractivity contribution in [3.63, 3.8) is 0 Å². The minimum absolute atomic E-state index is 0.189. The zero-order valence-corrected chi connectivity index (χ0v) is 12.9. The zero-order valence-electron chi connectivity index (χ0n) is 11.3. The van der Waals surface area contributed by atoms with E-state index in [4.69, 9.17) is 27.9 Å². The summed E-state index contributed by atoms with van der Waals surface area (Å²) < 4.78 is 5.02. The first-order valence-corrected chi connectivity index (χ1v) is 7.05. The van der Waals surface area contributed by atoms with Gasteiger partial charge in [0, 0.05) is 17.0 Å². The van der Waals surface area contributed by atoms with Gasteiger partial charge in [0.15, 0.2) is 0 Å². The average molecular weight is 325 g/mol. The number of ether oxygens (including phenoxy) is 1. The molecule has 0 radical (unpaired) electrons. The van der Waals surface area contributed by atoms with Gasteiger partial charge in [-0.2, -0.15) is 0 Å². The zero-order chi connectivity index (χ0) is 15.5. The Bertz CT molecular complexity index is 575. The largest absolute Gasteiger partial charge is 0.462 e. The fraction of sp³-hybridized carbons (Fsp3) is 0.188. The summed E-state index contributed by atoms with van der Waals surface area (Å²) in [5.74, 6) is -0.462. The normalized spacial score (nSPS) is 11.2. The average Bonchev–Trinajstić information content (AvgIpc) is 2.46. The summed E-state index contributed by atoms with van der Waals surface area (Å²) in [6.07, 6.45) is 0. The third kappa shape index (κ3) is 3.76. The van der Waals surface area contributed by atoms with Crippen molar-refractivity contribution in [2.45, 2.75) is 12.5 Å². The maximum atomic E-state index is 11.1. The van der Waals surface area contributed by atoms with Crippen LogP contribution in [0.4, 0.5) is 0 Å². The van der Waals surface area contributed by atoms with Gasteiger partial charge < -0.3 is 9.84 Å². The topological polar surface area (TPSA) is 46.5 Å². The minimum atomic E-state index is -1.46. The lowest BCUT2D eigenvalue weighted by Gasteiger charge is -2.28. The van der Waals surface area contributed by atoms with Crippen LogP contribution in [0.15, 0.2) is 48.5 Å². The molecule has 2 rings (SSSR count). The fourth-order valence-corrected chi connectivity index (χ4v) is 2.24. The molecule has 0 aliphatic carbocycles. The lowest BCUT2D eigenvalue weighted by molar-refractivity contribution is -0.147. The van der Waals surface area contributed by atoms with Gasteiger partial charge in [0.05, 0.1) is 0 Å². The Kier molecular flexibility index (Phi) is 4.88. The first-order valence-electron chi connectivity index (χ1n) is 6.29. The summed E-state index contributed by atoms with van der Waals surface area (Å²) in [4.78, 5) is 11.1. The van der Waals surface area contributed by atoms with Crippen LogP contribution in [0, 0.1) is 0 Å². The van der Waals surface area contributed by atoms with Crippen molar-refractivity contribution in [3.8, 4) is 0 Å². The van der Waals surface area contributed by atoms with Gasteiger partial charge in [-0.1, -0.05) is 47.5 Å². The lowest BCUT2D eigenvalue weighted by Crippen LogP contribution is -2.33. The predicted octanol–water partition coefficient (Wildman–Crippen LogP) is 3.79. The van der Waals surface area contributed by atoms with Gasteiger partial charge in [-0.3, -0.25) is 4.79 Å². The Morgan fingerprint density at radius 3 is 1.71 bits per heavy atom. The van der Waals surface area contributed by atoms with Crippen LogP contribution in [0.1, 0.15) is 18.1 Å². The molecular weight excluding hydrogens is 311 g/mol. The van der Waals surface area contributed by atoms with Crippen LogP contribution in [0.25, 0.3) is 0 Å². The van der Waals surface area contributed by atoms with E-state index in [0.717, 1.165) is 0 Å². The highest BCUT2D eigenvalue weighted by Crippen LogP contribution is 2.31. The molecule has 0 aliphatic rings. The molecule has 0 aromatic heterocycles. The quantitative estimate of drug-likeness (QED) is 0.870. The standard InChI is InChI=1S/C16H14Cl2O3/c1-11(19)21-10-16(20,12-2-6-14(17)7-3-12)13-4-8-15(18)9-5-13/h2-9,20H,10H2,1H3. The number of aliphatic hydroxyl groups is 1. The van der Waals surface area contributed by atoms with Gasteiger partial charge in [-0.05, 0) is 35.4 Å². The summed E-state index contributed by atoms with van der Waals surface area (Å²) in [5.41, 5.74) is -0.299. The molecule has 0 aliphatic heterocycles. The van der Waals surface area contributed by atoms with Gasteiger partial charge in [0.2, 0.25) is 0 Å². The molecule has 0 spiro atoms. The molecule has 0 atom stereocenters. The number of rotatable bonds is 4. The molecule has 5 heteroatoms. The van der Waals surface area contributed by atoms with Crippen molar-refractivity contribution in [1.29, 1.82) is 0 Å². The molecule has 3 nitrogen and oxygen atoms in total. The van der Waals surface area contributed by atoms with E-state index in [-0.39, 0.29) is 6.61 Å². The van der Waals surface area contributed by atoms with Crippen LogP contribution in [0.5, 0.6) is 0 Å². The molecule has 110 valence electrons. The van der Waals surface area contributed by atoms with E-state index < -0.39 is 11.6 Å². The lowest BCUT2D eigenvalue weighted by atomic mass is 9.87. The number of esters is 1. The van der Waals surface area contributed by atoms with Gasteiger partial charge in [-0.15, -0.1) is 0 Å². The van der Waals surface area contributed by atoms with E-state index in [1.165, 1.54) is 6.92 Å². The molecule has 1 N–H and O–H groups in total. The first-order chi connectivity index (χ1) is 9.91. The van der Waals surface area contributed by atoms with Crippen molar-refractivity contribution >= 4 is 29.2 Å². The number of halogens is 2. The SMILES string of the molecule is CC(=O)OCC(O)(c1ccc(Cl)cc1)c1ccc(Cl)cc1. The summed E-state index contributed by atoms with van der Waals surface area (Å²) in [5, 5.41) is 12.1. The summed E-state index contributed by atoms with van der Waals surface area (Å²) in [6, 6.07) is 13.5. The second-order valence-corrected chi connectivity index (χ2v) is 5.53. The van der Waals surface area contributed by atoms with Crippen LogP contribution in [0.2, 0.25) is 10.0 Å². The van der Waals surface area contributed by atoms with Gasteiger partial charge in [-0.25, -0.2) is 0 Å². The molecule has 0 amide bonds. The number of hydrogen-bond acceptors (Lipinski definition) is 3. The van der Waals surface area contributed by atoms with Gasteiger partial charge >= 0.3 is 5.97 Å². The Morgan fingerprint density at radius 1 is 1.00 bits per heavy atom. The number of carbonyl (C=O) groups excluding carboxylic acids is 1. The molecule has 0 saturated heterocycles. The summed E-state index contributed by atoms with van der Waals surface area (Å²) in [6.45, 7) is 1.11. The van der Waals surface area contributed by atoms with Gasteiger partial charge in [0.25, 0.3) is 0 Å². The molecule has 21 heavy (non-hydrogen) atoms. The van der Waals surface area contributed by atoms with Crippen molar-refractivity contribution < 1.29 is 14.6 Å². The summed E-state index contributed by atoms with van der Waals surface area (Å²) in [7, 11) is 0. The maximum absolute atomic E-state index is 11.1. The van der Waals surface area contributed by atoms with E-state index in [2.05, 4.69) is 0 Å². The Morgan fingerprint density at radius 2 is 1.38 bits per heavy atom. The Hall–Kier alpha value is -1.55. The molecule has 0 unspecified atom stereocenters. The molecule has 0 bridgehead atoms. The number of hydrogen-bond donors (Lipinski definition) is 1. The van der Waals surface area contributed by atoms with Crippen LogP contribution in [-0.2, 0) is 15.1 Å². The van der Waals surface area contributed by atoms with Crippen LogP contribution >= 0.6 is 23.2 Å². The van der Waals surface area contributed by atoms with Gasteiger partial charge in [0.1, 0.15) is 12.2 Å². The third-order valence-corrected chi connectivity index (χ3v) is 3.63. The van der Waals surface area contributed by atoms with E-state index in [0.29, 0.717) is 21.2 Å². The second kappa shape index (κ2) is 6.48. The summed E-state index contributed by atoms with van der Waals surface area (Å²) >= 11 is 11.7. The first kappa shape index (κ1) is 15.8. The van der Waals surface area contributed by atoms with E-state index in [1.807, 2.05) is 0 Å². The van der Waals surface area contributed by atoms with E-state index >= 15 is 0 Å². The highest BCUT2D eigenvalue weighted by Gasteiger charge is 2.33.